The topological polar surface area (TPSA) is 3.88 Å². The van der Waals surface area contributed by atoms with E-state index in [1.165, 1.54) is 29.7 Å². The lowest BCUT2D eigenvalue weighted by Crippen LogP contribution is -2.37. The maximum absolute atomic E-state index is 2.41. The van der Waals surface area contributed by atoms with Gasteiger partial charge in [-0.05, 0) is 18.6 Å². The van der Waals surface area contributed by atoms with Crippen LogP contribution in [0.3, 0.4) is 0 Å². The molecule has 0 aliphatic carbocycles. The Morgan fingerprint density at radius 3 is 2.75 bits per heavy atom. The smallest absolute Gasteiger partial charge is 0.191 e. The summed E-state index contributed by atoms with van der Waals surface area (Å²) >= 11 is 0. The van der Waals surface area contributed by atoms with Crippen molar-refractivity contribution in [1.82, 2.24) is 0 Å². The van der Waals surface area contributed by atoms with Crippen molar-refractivity contribution in [2.45, 2.75) is 25.8 Å². The third kappa shape index (κ3) is 1.28. The van der Waals surface area contributed by atoms with Crippen LogP contribution in [0, 0.1) is 0 Å². The van der Waals surface area contributed by atoms with E-state index >= 15 is 0 Å². The van der Waals surface area contributed by atoms with Crippen molar-refractivity contribution in [2.75, 3.05) is 0 Å². The number of fused-ring (bicyclic) bond motifs is 3. The molecule has 2 heterocycles. The van der Waals surface area contributed by atoms with Gasteiger partial charge in [-0.2, -0.15) is 4.57 Å². The Kier molecular flexibility index (Phi) is 2.24. The number of benzene rings is 1. The number of pyridine rings is 1. The summed E-state index contributed by atoms with van der Waals surface area (Å²) in [5.74, 6) is 0. The number of nitrogens with zero attached hydrogens (tertiary/aromatic N) is 1. The SMILES string of the molecule is CCCC1c2ccccc2-c2cccc[n+]21. The number of hydrogen-bond donors (Lipinski definition) is 0. The minimum atomic E-state index is 0.539. The van der Waals surface area contributed by atoms with E-state index in [1.807, 2.05) is 0 Å². The quantitative estimate of drug-likeness (QED) is 0.669. The van der Waals surface area contributed by atoms with E-state index in [1.54, 1.807) is 0 Å². The van der Waals surface area contributed by atoms with Gasteiger partial charge in [0.25, 0.3) is 0 Å². The third-order valence-corrected chi connectivity index (χ3v) is 3.38. The summed E-state index contributed by atoms with van der Waals surface area (Å²) in [5, 5.41) is 0. The van der Waals surface area contributed by atoms with E-state index in [2.05, 4.69) is 60.2 Å². The molecule has 1 nitrogen and oxygen atoms in total. The Bertz CT molecular complexity index is 471. The summed E-state index contributed by atoms with van der Waals surface area (Å²) in [6.07, 6.45) is 4.65. The van der Waals surface area contributed by atoms with Crippen LogP contribution in [0.25, 0.3) is 11.3 Å². The molecule has 16 heavy (non-hydrogen) atoms. The van der Waals surface area contributed by atoms with Crippen LogP contribution in [0.2, 0.25) is 0 Å². The second-order valence-electron chi connectivity index (χ2n) is 4.38. The summed E-state index contributed by atoms with van der Waals surface area (Å²) in [6, 6.07) is 15.8. The molecule has 1 aromatic heterocycles. The van der Waals surface area contributed by atoms with Gasteiger partial charge in [-0.1, -0.05) is 25.1 Å². The summed E-state index contributed by atoms with van der Waals surface area (Å²) in [7, 11) is 0. The first-order valence-electron chi connectivity index (χ1n) is 6.01. The van der Waals surface area contributed by atoms with E-state index in [0.29, 0.717) is 6.04 Å². The fourth-order valence-corrected chi connectivity index (χ4v) is 2.69. The minimum absolute atomic E-state index is 0.539. The van der Waals surface area contributed by atoms with Crippen molar-refractivity contribution in [3.63, 3.8) is 0 Å². The van der Waals surface area contributed by atoms with Crippen molar-refractivity contribution in [3.8, 4) is 11.3 Å². The van der Waals surface area contributed by atoms with Crippen molar-refractivity contribution in [3.05, 3.63) is 54.2 Å². The van der Waals surface area contributed by atoms with Crippen LogP contribution in [-0.2, 0) is 0 Å². The molecule has 80 valence electrons. The van der Waals surface area contributed by atoms with Crippen LogP contribution in [0.1, 0.15) is 31.4 Å². The number of rotatable bonds is 2. The predicted molar refractivity (Wildman–Crippen MR) is 65.1 cm³/mol. The molecular formula is C15H16N+. The van der Waals surface area contributed by atoms with Crippen LogP contribution < -0.4 is 4.57 Å². The van der Waals surface area contributed by atoms with E-state index in [0.717, 1.165) is 0 Å². The monoisotopic (exact) mass is 210 g/mol. The lowest BCUT2D eigenvalue weighted by molar-refractivity contribution is -0.698. The van der Waals surface area contributed by atoms with E-state index in [-0.39, 0.29) is 0 Å². The highest BCUT2D eigenvalue weighted by atomic mass is 15.0. The summed E-state index contributed by atoms with van der Waals surface area (Å²) < 4.78 is 2.41. The van der Waals surface area contributed by atoms with Gasteiger partial charge in [0.15, 0.2) is 12.2 Å². The van der Waals surface area contributed by atoms with E-state index in [4.69, 9.17) is 0 Å². The fraction of sp³-hybridized carbons (Fsp3) is 0.267. The molecule has 0 amide bonds. The van der Waals surface area contributed by atoms with Gasteiger partial charge in [-0.25, -0.2) is 0 Å². The normalized spacial score (nSPS) is 16.9. The summed E-state index contributed by atoms with van der Waals surface area (Å²) in [5.41, 5.74) is 4.24. The first-order valence-corrected chi connectivity index (χ1v) is 6.01. The first-order chi connectivity index (χ1) is 7.92. The van der Waals surface area contributed by atoms with Crippen LogP contribution in [-0.4, -0.2) is 0 Å². The molecule has 1 aliphatic heterocycles. The molecule has 0 saturated carbocycles. The van der Waals surface area contributed by atoms with Gasteiger partial charge in [0, 0.05) is 24.1 Å². The Balaban J connectivity index is 2.21. The zero-order chi connectivity index (χ0) is 11.0. The molecule has 0 N–H and O–H groups in total. The molecule has 1 aliphatic rings. The maximum atomic E-state index is 2.41. The minimum Gasteiger partial charge on any atom is -0.191 e. The molecule has 0 bridgehead atoms. The molecule has 0 spiro atoms. The first kappa shape index (κ1) is 9.59. The highest BCUT2D eigenvalue weighted by molar-refractivity contribution is 5.64. The van der Waals surface area contributed by atoms with Crippen LogP contribution in [0.5, 0.6) is 0 Å². The van der Waals surface area contributed by atoms with Gasteiger partial charge in [0.05, 0.1) is 5.56 Å². The molecular weight excluding hydrogens is 194 g/mol. The zero-order valence-electron chi connectivity index (χ0n) is 9.56. The molecule has 0 saturated heterocycles. The maximum Gasteiger partial charge on any atom is 0.213 e. The van der Waals surface area contributed by atoms with Gasteiger partial charge in [-0.3, -0.25) is 0 Å². The highest BCUT2D eigenvalue weighted by Crippen LogP contribution is 2.34. The largest absolute Gasteiger partial charge is 0.213 e. The molecule has 0 fully saturated rings. The average Bonchev–Trinajstić information content (AvgIpc) is 2.66. The Hall–Kier alpha value is -1.63. The standard InChI is InChI=1S/C15H16N/c1-2-7-14-12-8-3-4-9-13(12)15-10-5-6-11-16(14)15/h3-6,8-11,14H,2,7H2,1H3/q+1. The molecule has 3 rings (SSSR count). The van der Waals surface area contributed by atoms with Crippen LogP contribution in [0.15, 0.2) is 48.7 Å². The fourth-order valence-electron chi connectivity index (χ4n) is 2.69. The predicted octanol–water partition coefficient (Wildman–Crippen LogP) is 3.34. The Morgan fingerprint density at radius 1 is 1.06 bits per heavy atom. The van der Waals surface area contributed by atoms with Gasteiger partial charge >= 0.3 is 0 Å². The van der Waals surface area contributed by atoms with E-state index < -0.39 is 0 Å². The molecule has 1 heteroatoms. The van der Waals surface area contributed by atoms with Crippen molar-refractivity contribution < 1.29 is 4.57 Å². The van der Waals surface area contributed by atoms with Crippen LogP contribution in [0.4, 0.5) is 0 Å². The zero-order valence-corrected chi connectivity index (χ0v) is 9.56. The van der Waals surface area contributed by atoms with Crippen molar-refractivity contribution in [1.29, 1.82) is 0 Å². The molecule has 0 radical (unpaired) electrons. The van der Waals surface area contributed by atoms with Gasteiger partial charge in [0.1, 0.15) is 0 Å². The number of hydrogen-bond acceptors (Lipinski definition) is 0. The number of aromatic nitrogens is 1. The van der Waals surface area contributed by atoms with Crippen molar-refractivity contribution >= 4 is 0 Å². The molecule has 1 unspecified atom stereocenters. The Morgan fingerprint density at radius 2 is 1.88 bits per heavy atom. The van der Waals surface area contributed by atoms with Gasteiger partial charge < -0.3 is 0 Å². The molecule has 1 aromatic carbocycles. The van der Waals surface area contributed by atoms with E-state index in [9.17, 15) is 0 Å². The molecule has 2 aromatic rings. The van der Waals surface area contributed by atoms with Crippen molar-refractivity contribution in [2.24, 2.45) is 0 Å². The average molecular weight is 210 g/mol. The van der Waals surface area contributed by atoms with Gasteiger partial charge in [0.2, 0.25) is 5.69 Å². The second-order valence-corrected chi connectivity index (χ2v) is 4.38. The Labute approximate surface area is 96.4 Å². The summed E-state index contributed by atoms with van der Waals surface area (Å²) in [6.45, 7) is 2.25. The second kappa shape index (κ2) is 3.75. The lowest BCUT2D eigenvalue weighted by Gasteiger charge is -2.05. The lowest BCUT2D eigenvalue weighted by atomic mass is 10.0. The third-order valence-electron chi connectivity index (χ3n) is 3.38. The van der Waals surface area contributed by atoms with Crippen LogP contribution >= 0.6 is 0 Å². The molecule has 1 atom stereocenters. The summed E-state index contributed by atoms with van der Waals surface area (Å²) in [4.78, 5) is 0. The van der Waals surface area contributed by atoms with Gasteiger partial charge in [-0.15, -0.1) is 0 Å². The highest BCUT2D eigenvalue weighted by Gasteiger charge is 2.34.